The number of halogens is 1. The van der Waals surface area contributed by atoms with Gasteiger partial charge >= 0.3 is 63.2 Å². The Morgan fingerprint density at radius 1 is 1.19 bits per heavy atom. The molecule has 1 spiro atoms. The first-order valence-electron chi connectivity index (χ1n) is 9.35. The first kappa shape index (κ1) is 24.3. The van der Waals surface area contributed by atoms with Crippen LogP contribution in [-0.4, -0.2) is 40.9 Å². The predicted molar refractivity (Wildman–Crippen MR) is 115 cm³/mol. The Labute approximate surface area is 237 Å². The van der Waals surface area contributed by atoms with Crippen molar-refractivity contribution in [1.82, 2.24) is 9.38 Å². The predicted octanol–water partition coefficient (Wildman–Crippen LogP) is -0.168. The monoisotopic (exact) mass is 517 g/mol. The number of nitrogens with zero attached hydrogens (tertiary/aromatic N) is 2. The molecule has 0 bridgehead atoms. The summed E-state index contributed by atoms with van der Waals surface area (Å²) >= 11 is 11.4. The van der Waals surface area contributed by atoms with Crippen molar-refractivity contribution in [3.05, 3.63) is 70.8 Å². The number of hydrogen-bond acceptors (Lipinski definition) is 7. The van der Waals surface area contributed by atoms with Crippen molar-refractivity contribution in [2.24, 2.45) is 0 Å². The fraction of sp³-hybridized carbons (Fsp3) is 0.200. The molecule has 2 aromatic rings. The summed E-state index contributed by atoms with van der Waals surface area (Å²) in [4.78, 5) is 14.5. The van der Waals surface area contributed by atoms with Gasteiger partial charge in [0.05, 0.1) is 19.5 Å². The maximum Gasteiger partial charge on any atom is 1.00 e. The molecule has 3 aliphatic heterocycles. The quantitative estimate of drug-likeness (QED) is 0.183. The second-order valence-corrected chi connectivity index (χ2v) is 9.74. The van der Waals surface area contributed by atoms with E-state index in [0.717, 1.165) is 5.56 Å². The molecule has 2 aromatic carbocycles. The molecular formula is C20H15ClKN2O6S2+. The molecular weight excluding hydrogens is 503 g/mol. The minimum absolute atomic E-state index is 0. The Bertz CT molecular complexity index is 1270. The Kier molecular flexibility index (Phi) is 6.62. The van der Waals surface area contributed by atoms with Crippen LogP contribution in [0, 0.1) is 0 Å². The number of carbonyl (C=O) groups is 1. The van der Waals surface area contributed by atoms with Crippen molar-refractivity contribution in [3.8, 4) is 5.75 Å². The summed E-state index contributed by atoms with van der Waals surface area (Å²) in [5.74, 6) is -0.532. The van der Waals surface area contributed by atoms with Gasteiger partial charge < -0.3 is 14.0 Å². The Morgan fingerprint density at radius 3 is 2.53 bits per heavy atom. The van der Waals surface area contributed by atoms with Crippen LogP contribution in [0.15, 0.2) is 60.2 Å². The average molecular weight is 518 g/mol. The number of fused-ring (bicyclic) bond motifs is 2. The number of carbonyl (C=O) groups excluding carboxylic acids is 1. The van der Waals surface area contributed by atoms with Crippen molar-refractivity contribution in [2.75, 3.05) is 6.54 Å². The van der Waals surface area contributed by atoms with Crippen LogP contribution in [0.4, 0.5) is 5.69 Å². The van der Waals surface area contributed by atoms with E-state index in [-0.39, 0.29) is 87.7 Å². The Balaban J connectivity index is 0.00000245. The normalized spacial score (nSPS) is 26.3. The van der Waals surface area contributed by atoms with E-state index in [1.165, 1.54) is 4.90 Å². The number of amides is 1. The molecule has 3 aliphatic rings. The van der Waals surface area contributed by atoms with Crippen LogP contribution in [0.25, 0.3) is 0 Å². The van der Waals surface area contributed by atoms with Crippen LogP contribution in [0.5, 0.6) is 5.75 Å². The second-order valence-electron chi connectivity index (χ2n) is 7.42. The third kappa shape index (κ3) is 3.78. The Morgan fingerprint density at radius 2 is 1.91 bits per heavy atom. The molecule has 12 heteroatoms. The SMILES string of the molecule is O=C1/C(=C2/Oc3ccc(Cl)cc3[N+]23CCC3S(=O)(=O)[O-])OC(=S)N1Cc1ccccc1.[K+]. The first-order valence-corrected chi connectivity index (χ1v) is 11.6. The molecule has 2 unspecified atom stereocenters. The fourth-order valence-corrected chi connectivity index (χ4v) is 5.75. The number of quaternary nitrogens is 1. The molecule has 0 saturated carbocycles. The number of benzene rings is 2. The van der Waals surface area contributed by atoms with Gasteiger partial charge in [0.1, 0.15) is 0 Å². The molecule has 0 radical (unpaired) electrons. The van der Waals surface area contributed by atoms with Gasteiger partial charge in [-0.3, -0.25) is 9.69 Å². The van der Waals surface area contributed by atoms with Crippen LogP contribution in [0.2, 0.25) is 5.02 Å². The maximum absolute atomic E-state index is 13.2. The molecule has 0 aliphatic carbocycles. The van der Waals surface area contributed by atoms with Gasteiger partial charge in [0, 0.05) is 11.1 Å². The zero-order valence-electron chi connectivity index (χ0n) is 16.9. The largest absolute Gasteiger partial charge is 1.00 e. The first-order chi connectivity index (χ1) is 14.7. The molecule has 8 nitrogen and oxygen atoms in total. The van der Waals surface area contributed by atoms with Gasteiger partial charge in [-0.05, 0) is 29.9 Å². The standard InChI is InChI=1S/C20H15ClN2O6S2.K/c21-13-6-7-15-14(10-13)23(9-8-16(23)31(25,26)27)19(28-15)17-18(24)22(20(30)29-17)11-12-4-2-1-3-5-12;/h1-7,10,16H,8-9,11H2;/q;+1/b19-17-;. The van der Waals surface area contributed by atoms with Crippen molar-refractivity contribution >= 4 is 50.7 Å². The smallest absolute Gasteiger partial charge is 0.743 e. The van der Waals surface area contributed by atoms with Gasteiger partial charge in [0.25, 0.3) is 10.9 Å². The van der Waals surface area contributed by atoms with Crippen molar-refractivity contribution < 1.29 is 78.6 Å². The van der Waals surface area contributed by atoms with Gasteiger partial charge in [-0.15, -0.1) is 0 Å². The summed E-state index contributed by atoms with van der Waals surface area (Å²) in [7, 11) is -4.72. The summed E-state index contributed by atoms with van der Waals surface area (Å²) in [6, 6.07) is 13.9. The summed E-state index contributed by atoms with van der Waals surface area (Å²) in [6.45, 7) is 0.414. The van der Waals surface area contributed by atoms with E-state index in [1.807, 2.05) is 30.3 Å². The summed E-state index contributed by atoms with van der Waals surface area (Å²) in [5.41, 5.74) is 1.23. The molecule has 5 rings (SSSR count). The summed E-state index contributed by atoms with van der Waals surface area (Å²) in [6.07, 6.45) is 0.115. The van der Waals surface area contributed by atoms with E-state index in [9.17, 15) is 17.8 Å². The zero-order chi connectivity index (χ0) is 22.0. The van der Waals surface area contributed by atoms with Crippen LogP contribution < -0.4 is 60.6 Å². The van der Waals surface area contributed by atoms with E-state index < -0.39 is 25.9 Å². The van der Waals surface area contributed by atoms with E-state index >= 15 is 0 Å². The van der Waals surface area contributed by atoms with E-state index in [2.05, 4.69) is 0 Å². The van der Waals surface area contributed by atoms with E-state index in [4.69, 9.17) is 33.3 Å². The van der Waals surface area contributed by atoms with Crippen molar-refractivity contribution in [1.29, 1.82) is 0 Å². The minimum Gasteiger partial charge on any atom is -0.743 e. The fourth-order valence-electron chi connectivity index (χ4n) is 4.21. The summed E-state index contributed by atoms with van der Waals surface area (Å²) < 4.78 is 47.2. The van der Waals surface area contributed by atoms with E-state index in [0.29, 0.717) is 16.5 Å². The molecule has 1 amide bonds. The molecule has 32 heavy (non-hydrogen) atoms. The molecule has 0 aromatic heterocycles. The van der Waals surface area contributed by atoms with E-state index in [1.54, 1.807) is 18.2 Å². The van der Waals surface area contributed by atoms with Crippen molar-refractivity contribution in [3.63, 3.8) is 0 Å². The number of hydrogen-bond donors (Lipinski definition) is 0. The zero-order valence-corrected chi connectivity index (χ0v) is 22.4. The molecule has 2 fully saturated rings. The molecule has 2 atom stereocenters. The van der Waals surface area contributed by atoms with Gasteiger partial charge in [-0.2, -0.15) is 0 Å². The topological polar surface area (TPSA) is 96.0 Å². The maximum atomic E-state index is 13.2. The molecule has 3 heterocycles. The second kappa shape index (κ2) is 8.73. The van der Waals surface area contributed by atoms with Gasteiger partial charge in [-0.1, -0.05) is 41.9 Å². The van der Waals surface area contributed by atoms with Gasteiger partial charge in [0.15, 0.2) is 26.9 Å². The van der Waals surface area contributed by atoms with Gasteiger partial charge in [-0.25, -0.2) is 12.9 Å². The number of thiocarbonyl (C=S) groups is 1. The molecule has 2 saturated heterocycles. The molecule has 0 N–H and O–H groups in total. The summed E-state index contributed by atoms with van der Waals surface area (Å²) in [5, 5.41) is -1.09. The van der Waals surface area contributed by atoms with Crippen molar-refractivity contribution in [2.45, 2.75) is 18.3 Å². The molecule has 160 valence electrons. The van der Waals surface area contributed by atoms with Gasteiger partial charge in [0.2, 0.25) is 0 Å². The third-order valence-electron chi connectivity index (χ3n) is 5.70. The Hall–Kier alpha value is -0.864. The van der Waals surface area contributed by atoms with Crippen LogP contribution in [0.1, 0.15) is 12.0 Å². The van der Waals surface area contributed by atoms with Crippen LogP contribution in [-0.2, 0) is 26.2 Å². The third-order valence-corrected chi connectivity index (χ3v) is 7.50. The number of ether oxygens (including phenoxy) is 2. The number of rotatable bonds is 3. The van der Waals surface area contributed by atoms with Crippen LogP contribution in [0.3, 0.4) is 0 Å². The average Bonchev–Trinajstić information content (AvgIpc) is 3.17. The minimum atomic E-state index is -4.72. The van der Waals surface area contributed by atoms with Crippen LogP contribution >= 0.6 is 23.8 Å².